The molecule has 0 amide bonds. The van der Waals surface area contributed by atoms with E-state index in [1.165, 1.54) is 19.4 Å². The van der Waals surface area contributed by atoms with Crippen molar-refractivity contribution >= 4 is 0 Å². The van der Waals surface area contributed by atoms with Gasteiger partial charge in [0.15, 0.2) is 0 Å². The first kappa shape index (κ1) is 14.3. The van der Waals surface area contributed by atoms with Gasteiger partial charge >= 0.3 is 0 Å². The largest absolute Gasteiger partial charge is 0.359 e. The summed E-state index contributed by atoms with van der Waals surface area (Å²) in [7, 11) is 0. The van der Waals surface area contributed by atoms with Crippen LogP contribution in [0.1, 0.15) is 19.8 Å². The van der Waals surface area contributed by atoms with Gasteiger partial charge in [0.05, 0.1) is 6.67 Å². The van der Waals surface area contributed by atoms with E-state index in [-0.39, 0.29) is 0 Å². The molecule has 0 radical (unpaired) electrons. The summed E-state index contributed by atoms with van der Waals surface area (Å²) in [6, 6.07) is 0. The van der Waals surface area contributed by atoms with Crippen molar-refractivity contribution in [2.24, 2.45) is 0 Å². The molecule has 0 saturated heterocycles. The van der Waals surface area contributed by atoms with Crippen LogP contribution in [0.4, 0.5) is 0 Å². The van der Waals surface area contributed by atoms with Crippen LogP contribution in [0.3, 0.4) is 0 Å². The average Bonchev–Trinajstić information content (AvgIpc) is 2.62. The second-order valence-electron chi connectivity index (χ2n) is 3.40. The molecule has 92 valence electrons. The third kappa shape index (κ3) is 7.66. The fraction of sp³-hybridized carbons (Fsp3) is 0.600. The van der Waals surface area contributed by atoms with Crippen molar-refractivity contribution in [1.82, 2.24) is 9.80 Å². The van der Waals surface area contributed by atoms with Crippen LogP contribution in [0, 0.1) is 10.1 Å². The van der Waals surface area contributed by atoms with Crippen LogP contribution in [0.5, 0.6) is 0 Å². The molecule has 1 N–H and O–H groups in total. The SMILES string of the molecule is C=CCN1C=CN(CCCC)C1.O=[N+]([O-])O. The van der Waals surface area contributed by atoms with Crippen molar-refractivity contribution in [3.8, 4) is 0 Å². The van der Waals surface area contributed by atoms with E-state index in [2.05, 4.69) is 35.7 Å². The highest BCUT2D eigenvalue weighted by molar-refractivity contribution is 4.92. The molecule has 1 aliphatic heterocycles. The summed E-state index contributed by atoms with van der Waals surface area (Å²) in [4.78, 5) is 13.0. The average molecular weight is 229 g/mol. The first-order valence-electron chi connectivity index (χ1n) is 5.20. The van der Waals surface area contributed by atoms with E-state index in [9.17, 15) is 0 Å². The molecular formula is C10H19N3O3. The molecule has 0 unspecified atom stereocenters. The van der Waals surface area contributed by atoms with Gasteiger partial charge < -0.3 is 15.0 Å². The van der Waals surface area contributed by atoms with Crippen LogP contribution in [0.2, 0.25) is 0 Å². The fourth-order valence-corrected chi connectivity index (χ4v) is 1.31. The van der Waals surface area contributed by atoms with E-state index in [1.54, 1.807) is 0 Å². The molecule has 0 atom stereocenters. The Kier molecular flexibility index (Phi) is 7.66. The van der Waals surface area contributed by atoms with Gasteiger partial charge in [0, 0.05) is 25.5 Å². The third-order valence-corrected chi connectivity index (χ3v) is 2.01. The Bertz CT molecular complexity index is 239. The van der Waals surface area contributed by atoms with Crippen LogP contribution >= 0.6 is 0 Å². The van der Waals surface area contributed by atoms with Crippen molar-refractivity contribution in [3.63, 3.8) is 0 Å². The molecule has 1 aliphatic rings. The molecule has 1 heterocycles. The van der Waals surface area contributed by atoms with E-state index >= 15 is 0 Å². The molecule has 0 spiro atoms. The number of hydrogen-bond donors (Lipinski definition) is 1. The summed E-state index contributed by atoms with van der Waals surface area (Å²) < 4.78 is 0. The van der Waals surface area contributed by atoms with Gasteiger partial charge in [-0.05, 0) is 6.42 Å². The number of rotatable bonds is 5. The molecule has 0 aliphatic carbocycles. The van der Waals surface area contributed by atoms with E-state index in [0.717, 1.165) is 13.2 Å². The monoisotopic (exact) mass is 229 g/mol. The zero-order valence-corrected chi connectivity index (χ0v) is 9.58. The molecule has 0 bridgehead atoms. The van der Waals surface area contributed by atoms with Gasteiger partial charge in [0.2, 0.25) is 0 Å². The summed E-state index contributed by atoms with van der Waals surface area (Å²) in [6.45, 7) is 9.11. The maximum atomic E-state index is 8.36. The van der Waals surface area contributed by atoms with Gasteiger partial charge in [-0.2, -0.15) is 0 Å². The Labute approximate surface area is 95.6 Å². The predicted molar refractivity (Wildman–Crippen MR) is 61.3 cm³/mol. The topological polar surface area (TPSA) is 69.9 Å². The molecule has 1 rings (SSSR count). The van der Waals surface area contributed by atoms with Crippen molar-refractivity contribution in [1.29, 1.82) is 0 Å². The second kappa shape index (κ2) is 8.58. The van der Waals surface area contributed by atoms with Gasteiger partial charge in [-0.3, -0.25) is 0 Å². The Morgan fingerprint density at radius 1 is 1.56 bits per heavy atom. The first-order chi connectivity index (χ1) is 7.60. The van der Waals surface area contributed by atoms with Gasteiger partial charge in [0.1, 0.15) is 0 Å². The lowest BCUT2D eigenvalue weighted by molar-refractivity contribution is -0.742. The standard InChI is InChI=1S/C10H18N2.HNO3/c1-3-5-7-12-9-8-11(10-12)6-4-2;2-1(3)4/h4,8-9H,2-3,5-7,10H2,1H3;(H,2,3,4). The lowest BCUT2D eigenvalue weighted by Crippen LogP contribution is -2.25. The minimum absolute atomic E-state index is 0.957. The van der Waals surface area contributed by atoms with Crippen LogP contribution in [-0.4, -0.2) is 39.9 Å². The summed E-state index contributed by atoms with van der Waals surface area (Å²) in [6.07, 6.45) is 8.79. The smallest absolute Gasteiger partial charge is 0.291 e. The third-order valence-electron chi connectivity index (χ3n) is 2.01. The van der Waals surface area contributed by atoms with Gasteiger partial charge in [-0.25, -0.2) is 0 Å². The fourth-order valence-electron chi connectivity index (χ4n) is 1.31. The minimum atomic E-state index is -1.50. The maximum Gasteiger partial charge on any atom is 0.291 e. The van der Waals surface area contributed by atoms with E-state index in [1.807, 2.05) is 6.08 Å². The van der Waals surface area contributed by atoms with Gasteiger partial charge in [-0.15, -0.1) is 16.7 Å². The highest BCUT2D eigenvalue weighted by Gasteiger charge is 2.08. The van der Waals surface area contributed by atoms with Crippen molar-refractivity contribution in [2.45, 2.75) is 19.8 Å². The summed E-state index contributed by atoms with van der Waals surface area (Å²) in [5.74, 6) is 0. The van der Waals surface area contributed by atoms with Crippen LogP contribution in [0.15, 0.2) is 25.1 Å². The summed E-state index contributed by atoms with van der Waals surface area (Å²) in [5.41, 5.74) is 0. The Morgan fingerprint density at radius 3 is 2.62 bits per heavy atom. The zero-order valence-electron chi connectivity index (χ0n) is 9.58. The zero-order chi connectivity index (χ0) is 12.4. The highest BCUT2D eigenvalue weighted by atomic mass is 16.9. The molecule has 0 aromatic heterocycles. The molecule has 0 fully saturated rings. The second-order valence-corrected chi connectivity index (χ2v) is 3.40. The van der Waals surface area contributed by atoms with Gasteiger partial charge in [-0.1, -0.05) is 19.4 Å². The molecule has 6 nitrogen and oxygen atoms in total. The first-order valence-corrected chi connectivity index (χ1v) is 5.20. The Hall–Kier alpha value is -1.72. The highest BCUT2D eigenvalue weighted by Crippen LogP contribution is 2.06. The van der Waals surface area contributed by atoms with Gasteiger partial charge in [0.25, 0.3) is 5.09 Å². The van der Waals surface area contributed by atoms with E-state index in [4.69, 9.17) is 15.3 Å². The van der Waals surface area contributed by atoms with E-state index < -0.39 is 5.09 Å². The van der Waals surface area contributed by atoms with Crippen LogP contribution in [-0.2, 0) is 0 Å². The Morgan fingerprint density at radius 2 is 2.12 bits per heavy atom. The predicted octanol–water partition coefficient (Wildman–Crippen LogP) is 1.67. The number of nitrogens with zero attached hydrogens (tertiary/aromatic N) is 3. The minimum Gasteiger partial charge on any atom is -0.359 e. The van der Waals surface area contributed by atoms with Crippen LogP contribution < -0.4 is 0 Å². The molecule has 0 saturated carbocycles. The molecule has 0 aromatic rings. The maximum absolute atomic E-state index is 8.36. The van der Waals surface area contributed by atoms with Crippen LogP contribution in [0.25, 0.3) is 0 Å². The Balaban J connectivity index is 0.000000487. The quantitative estimate of drug-likeness (QED) is 0.441. The van der Waals surface area contributed by atoms with Crippen molar-refractivity contribution in [2.75, 3.05) is 19.8 Å². The molecule has 6 heteroatoms. The van der Waals surface area contributed by atoms with E-state index in [0.29, 0.717) is 0 Å². The number of unbranched alkanes of at least 4 members (excludes halogenated alkanes) is 1. The molecular weight excluding hydrogens is 210 g/mol. The summed E-state index contributed by atoms with van der Waals surface area (Å²) >= 11 is 0. The normalized spacial score (nSPS) is 13.3. The summed E-state index contributed by atoms with van der Waals surface area (Å²) in [5, 5.41) is 13.6. The van der Waals surface area contributed by atoms with Crippen molar-refractivity contribution in [3.05, 3.63) is 35.2 Å². The molecule has 0 aromatic carbocycles. The number of hydrogen-bond acceptors (Lipinski definition) is 4. The van der Waals surface area contributed by atoms with Crippen molar-refractivity contribution < 1.29 is 10.3 Å². The lowest BCUT2D eigenvalue weighted by atomic mass is 10.3. The lowest BCUT2D eigenvalue weighted by Gasteiger charge is -2.19. The molecule has 16 heavy (non-hydrogen) atoms.